The second-order valence-electron chi connectivity index (χ2n) is 7.95. The largest absolute Gasteiger partial charge is 0.404 e. The van der Waals surface area contributed by atoms with Gasteiger partial charge >= 0.3 is 6.18 Å². The number of nitrogens with one attached hydrogen (secondary N) is 3. The van der Waals surface area contributed by atoms with Crippen molar-refractivity contribution in [2.45, 2.75) is 25.1 Å². The molecule has 1 saturated heterocycles. The monoisotopic (exact) mass is 520 g/mol. The molecule has 188 valence electrons. The minimum Gasteiger partial charge on any atom is -0.355 e. The Morgan fingerprint density at radius 1 is 1.26 bits per heavy atom. The zero-order chi connectivity index (χ0) is 25.5. The highest BCUT2D eigenvalue weighted by Gasteiger charge is 2.45. The molecule has 0 spiro atoms. The van der Waals surface area contributed by atoms with Gasteiger partial charge in [-0.25, -0.2) is 23.2 Å². The fourth-order valence-corrected chi connectivity index (χ4v) is 4.19. The fraction of sp³-hybridized carbons (Fsp3) is 0.333. The zero-order valence-corrected chi connectivity index (χ0v) is 18.6. The number of hydrogen-bond acceptors (Lipinski definition) is 5. The Morgan fingerprint density at radius 2 is 2.00 bits per heavy atom. The first-order chi connectivity index (χ1) is 16.5. The zero-order valence-electron chi connectivity index (χ0n) is 17.9. The number of nitrogens with zero attached hydrogens (tertiary/aromatic N) is 3. The van der Waals surface area contributed by atoms with Crippen molar-refractivity contribution in [1.82, 2.24) is 14.9 Å². The molecule has 0 bridgehead atoms. The highest BCUT2D eigenvalue weighted by molar-refractivity contribution is 6.31. The van der Waals surface area contributed by atoms with Gasteiger partial charge < -0.3 is 10.3 Å². The number of fused-ring (bicyclic) bond motifs is 1. The molecular formula is C21H19ClF6N6O. The smallest absolute Gasteiger partial charge is 0.355 e. The summed E-state index contributed by atoms with van der Waals surface area (Å²) in [5.74, 6) is -4.17. The Kier molecular flexibility index (Phi) is 6.84. The molecule has 2 heterocycles. The summed E-state index contributed by atoms with van der Waals surface area (Å²) < 4.78 is 81.4. The number of benzene rings is 2. The first-order valence-corrected chi connectivity index (χ1v) is 10.8. The van der Waals surface area contributed by atoms with Crippen LogP contribution < -0.4 is 10.4 Å². The lowest BCUT2D eigenvalue weighted by Gasteiger charge is -2.26. The first-order valence-electron chi connectivity index (χ1n) is 10.4. The van der Waals surface area contributed by atoms with Gasteiger partial charge in [-0.2, -0.15) is 13.2 Å². The minimum atomic E-state index is -4.34. The van der Waals surface area contributed by atoms with Crippen LogP contribution in [0.2, 0.25) is 5.02 Å². The van der Waals surface area contributed by atoms with Gasteiger partial charge in [0.1, 0.15) is 17.4 Å². The number of H-pyrrole nitrogens is 1. The van der Waals surface area contributed by atoms with E-state index in [0.717, 1.165) is 18.2 Å². The molecule has 35 heavy (non-hydrogen) atoms. The lowest BCUT2D eigenvalue weighted by Crippen LogP contribution is -2.43. The molecule has 0 amide bonds. The quantitative estimate of drug-likeness (QED) is 0.153. The van der Waals surface area contributed by atoms with Gasteiger partial charge in [-0.05, 0) is 43.7 Å². The molecule has 7 nitrogen and oxygen atoms in total. The number of hydrogen-bond donors (Lipinski definition) is 4. The molecule has 1 aliphatic rings. The molecule has 2 aromatic carbocycles. The minimum absolute atomic E-state index is 0.0149. The van der Waals surface area contributed by atoms with Crippen LogP contribution in [0.3, 0.4) is 0 Å². The number of amidine groups is 1. The van der Waals surface area contributed by atoms with Crippen molar-refractivity contribution >= 4 is 40.1 Å². The maximum absolute atomic E-state index is 14.4. The predicted molar refractivity (Wildman–Crippen MR) is 118 cm³/mol. The molecule has 1 fully saturated rings. The topological polar surface area (TPSA) is 91.3 Å². The van der Waals surface area contributed by atoms with Gasteiger partial charge in [0, 0.05) is 18.7 Å². The van der Waals surface area contributed by atoms with Crippen LogP contribution in [0.1, 0.15) is 18.4 Å². The molecule has 14 heteroatoms. The molecule has 3 aromatic rings. The number of anilines is 2. The van der Waals surface area contributed by atoms with Gasteiger partial charge in [0.05, 0.1) is 16.2 Å². The molecule has 0 saturated carbocycles. The van der Waals surface area contributed by atoms with Crippen LogP contribution in [0.4, 0.5) is 38.0 Å². The van der Waals surface area contributed by atoms with Crippen LogP contribution in [0.25, 0.3) is 11.0 Å². The van der Waals surface area contributed by atoms with Crippen molar-refractivity contribution in [3.05, 3.63) is 52.3 Å². The molecule has 0 aliphatic carbocycles. The summed E-state index contributed by atoms with van der Waals surface area (Å²) in [5.41, 5.74) is -1.01. The van der Waals surface area contributed by atoms with Crippen molar-refractivity contribution in [3.63, 3.8) is 0 Å². The van der Waals surface area contributed by atoms with Crippen LogP contribution in [-0.2, 0) is 0 Å². The van der Waals surface area contributed by atoms with Crippen molar-refractivity contribution < 1.29 is 31.5 Å². The van der Waals surface area contributed by atoms with Gasteiger partial charge in [0.2, 0.25) is 5.95 Å². The van der Waals surface area contributed by atoms with Crippen LogP contribution in [0.5, 0.6) is 0 Å². The van der Waals surface area contributed by atoms with E-state index in [0.29, 0.717) is 17.6 Å². The van der Waals surface area contributed by atoms with E-state index in [2.05, 4.69) is 15.3 Å². The molecule has 1 aliphatic heterocycles. The number of alkyl halides is 3. The summed E-state index contributed by atoms with van der Waals surface area (Å²) >= 11 is 5.70. The SMILES string of the molecule is N=C(c1cc(F)c(F)c2nc(NCCN3CCC[C@H]3C(F)(F)F)[nH]c12)N(O)c1ccc(F)c(Cl)c1. The molecular weight excluding hydrogens is 502 g/mol. The van der Waals surface area contributed by atoms with E-state index < -0.39 is 41.0 Å². The molecule has 0 unspecified atom stereocenters. The maximum atomic E-state index is 14.4. The molecule has 4 rings (SSSR count). The molecule has 1 aromatic heterocycles. The summed E-state index contributed by atoms with van der Waals surface area (Å²) in [6.45, 7) is 0.354. The average Bonchev–Trinajstić information content (AvgIpc) is 3.45. The van der Waals surface area contributed by atoms with Gasteiger partial charge in [-0.15, -0.1) is 0 Å². The predicted octanol–water partition coefficient (Wildman–Crippen LogP) is 5.29. The van der Waals surface area contributed by atoms with E-state index in [1.165, 1.54) is 4.90 Å². The van der Waals surface area contributed by atoms with Gasteiger partial charge in [0.25, 0.3) is 0 Å². The van der Waals surface area contributed by atoms with E-state index in [1.54, 1.807) is 0 Å². The Morgan fingerprint density at radius 3 is 2.69 bits per heavy atom. The summed E-state index contributed by atoms with van der Waals surface area (Å²) in [6.07, 6.45) is -3.90. The summed E-state index contributed by atoms with van der Waals surface area (Å²) in [5, 5.41) is 21.4. The van der Waals surface area contributed by atoms with Crippen LogP contribution in [0, 0.1) is 22.9 Å². The van der Waals surface area contributed by atoms with Crippen molar-refractivity contribution in [3.8, 4) is 0 Å². The first kappa shape index (κ1) is 25.1. The number of halogens is 7. The van der Waals surface area contributed by atoms with Crippen LogP contribution in [-0.4, -0.2) is 57.8 Å². The van der Waals surface area contributed by atoms with Gasteiger partial charge in [-0.1, -0.05) is 11.6 Å². The van der Waals surface area contributed by atoms with Crippen molar-refractivity contribution in [2.75, 3.05) is 30.0 Å². The number of aromatic nitrogens is 2. The van der Waals surface area contributed by atoms with E-state index in [1.807, 2.05) is 0 Å². The van der Waals surface area contributed by atoms with Gasteiger partial charge in [0.15, 0.2) is 17.5 Å². The second kappa shape index (κ2) is 9.55. The van der Waals surface area contributed by atoms with E-state index in [4.69, 9.17) is 17.0 Å². The second-order valence-corrected chi connectivity index (χ2v) is 8.36. The van der Waals surface area contributed by atoms with E-state index in [-0.39, 0.29) is 53.8 Å². The number of imidazole rings is 1. The fourth-order valence-electron chi connectivity index (χ4n) is 4.02. The van der Waals surface area contributed by atoms with E-state index in [9.17, 15) is 31.5 Å². The third kappa shape index (κ3) is 5.02. The standard InChI is InChI=1S/C21H19ClF6N6O/c22-12-8-10(3-4-13(12)23)34(35)19(29)11-9-14(24)16(25)18-17(11)31-20(32-18)30-5-7-33-6-1-2-15(33)21(26,27)28/h3-4,8-9,15,29,35H,1-2,5-7H2,(H2,30,31,32)/t15-/m0/s1. The summed E-state index contributed by atoms with van der Waals surface area (Å²) in [4.78, 5) is 7.87. The third-order valence-corrected chi connectivity index (χ3v) is 6.00. The van der Waals surface area contributed by atoms with E-state index >= 15 is 0 Å². The summed E-state index contributed by atoms with van der Waals surface area (Å²) in [7, 11) is 0. The molecule has 1 atom stereocenters. The Hall–Kier alpha value is -3.03. The highest BCUT2D eigenvalue weighted by atomic mass is 35.5. The van der Waals surface area contributed by atoms with Crippen LogP contribution in [0.15, 0.2) is 24.3 Å². The molecule has 0 radical (unpaired) electrons. The van der Waals surface area contributed by atoms with Crippen molar-refractivity contribution in [1.29, 1.82) is 5.41 Å². The maximum Gasteiger partial charge on any atom is 0.404 e. The average molecular weight is 521 g/mol. The van der Waals surface area contributed by atoms with Crippen molar-refractivity contribution in [2.24, 2.45) is 0 Å². The Bertz CT molecular complexity index is 1270. The normalized spacial score (nSPS) is 16.7. The molecule has 4 N–H and O–H groups in total. The number of hydroxylamine groups is 1. The van der Waals surface area contributed by atoms with Crippen LogP contribution >= 0.6 is 11.6 Å². The lowest BCUT2D eigenvalue weighted by molar-refractivity contribution is -0.175. The number of aromatic amines is 1. The lowest BCUT2D eigenvalue weighted by atomic mass is 10.1. The van der Waals surface area contributed by atoms with Gasteiger partial charge in [-0.3, -0.25) is 15.5 Å². The number of likely N-dealkylation sites (tertiary alicyclic amines) is 1. The summed E-state index contributed by atoms with van der Waals surface area (Å²) in [6, 6.07) is 2.26. The third-order valence-electron chi connectivity index (χ3n) is 5.71. The number of rotatable bonds is 6. The highest BCUT2D eigenvalue weighted by Crippen LogP contribution is 2.32. The Balaban J connectivity index is 1.56. The Labute approximate surface area is 199 Å².